The van der Waals surface area contributed by atoms with Crippen molar-refractivity contribution in [3.8, 4) is 5.75 Å². The fourth-order valence-corrected chi connectivity index (χ4v) is 3.56. The van der Waals surface area contributed by atoms with Gasteiger partial charge in [0.15, 0.2) is 0 Å². The Labute approximate surface area is 147 Å². The number of methoxy groups -OCH3 is 1. The van der Waals surface area contributed by atoms with Crippen molar-refractivity contribution in [1.82, 2.24) is 14.9 Å². The Kier molecular flexibility index (Phi) is 4.03. The van der Waals surface area contributed by atoms with E-state index in [2.05, 4.69) is 14.9 Å². The van der Waals surface area contributed by atoms with Crippen LogP contribution < -0.4 is 9.64 Å². The maximum absolute atomic E-state index is 12.8. The first-order valence-electron chi connectivity index (χ1n) is 8.73. The number of rotatable bonds is 4. The predicted molar refractivity (Wildman–Crippen MR) is 94.8 cm³/mol. The normalized spacial score (nSPS) is 17.8. The zero-order valence-electron chi connectivity index (χ0n) is 14.6. The van der Waals surface area contributed by atoms with Gasteiger partial charge in [-0.15, -0.1) is 0 Å². The molecule has 2 aliphatic rings. The van der Waals surface area contributed by atoms with Crippen molar-refractivity contribution in [1.29, 1.82) is 0 Å². The molecular formula is C19H22N4O2. The Hall–Kier alpha value is -2.63. The lowest BCUT2D eigenvalue weighted by Crippen LogP contribution is -2.27. The van der Waals surface area contributed by atoms with Crippen molar-refractivity contribution >= 4 is 11.9 Å². The molecule has 1 fully saturated rings. The Morgan fingerprint density at radius 1 is 1.24 bits per heavy atom. The van der Waals surface area contributed by atoms with Gasteiger partial charge in [-0.1, -0.05) is 12.1 Å². The maximum atomic E-state index is 12.8. The molecule has 1 amide bonds. The molecule has 0 bridgehead atoms. The highest BCUT2D eigenvalue weighted by Crippen LogP contribution is 2.32. The molecule has 1 aromatic heterocycles. The van der Waals surface area contributed by atoms with Gasteiger partial charge in [-0.25, -0.2) is 9.97 Å². The summed E-state index contributed by atoms with van der Waals surface area (Å²) in [5, 5.41) is 0. The first kappa shape index (κ1) is 15.9. The van der Waals surface area contributed by atoms with Gasteiger partial charge < -0.3 is 14.5 Å². The van der Waals surface area contributed by atoms with Crippen LogP contribution in [0.5, 0.6) is 5.75 Å². The molecule has 2 aromatic rings. The molecule has 6 nitrogen and oxygen atoms in total. The zero-order chi connectivity index (χ0) is 17.4. The van der Waals surface area contributed by atoms with Gasteiger partial charge in [0.05, 0.1) is 31.0 Å². The van der Waals surface area contributed by atoms with Crippen LogP contribution in [-0.2, 0) is 6.54 Å². The minimum atomic E-state index is -0.0490. The second-order valence-electron chi connectivity index (χ2n) is 6.61. The number of hydrogen-bond acceptors (Lipinski definition) is 5. The molecule has 1 atom stereocenters. The molecule has 0 saturated carbocycles. The van der Waals surface area contributed by atoms with Crippen molar-refractivity contribution < 1.29 is 9.53 Å². The average Bonchev–Trinajstić information content (AvgIpc) is 3.29. The third-order valence-corrected chi connectivity index (χ3v) is 5.10. The number of carbonyl (C=O) groups excluding carboxylic acids is 1. The molecule has 25 heavy (non-hydrogen) atoms. The molecule has 3 heterocycles. The number of fused-ring (bicyclic) bond motifs is 1. The van der Waals surface area contributed by atoms with Crippen LogP contribution >= 0.6 is 0 Å². The quantitative estimate of drug-likeness (QED) is 0.858. The molecule has 0 aliphatic carbocycles. The minimum absolute atomic E-state index is 0.00158. The van der Waals surface area contributed by atoms with E-state index in [4.69, 9.17) is 4.74 Å². The van der Waals surface area contributed by atoms with Crippen molar-refractivity contribution in [3.63, 3.8) is 0 Å². The third-order valence-electron chi connectivity index (χ3n) is 5.10. The van der Waals surface area contributed by atoms with E-state index < -0.39 is 0 Å². The van der Waals surface area contributed by atoms with Gasteiger partial charge in [0, 0.05) is 19.3 Å². The Balaban J connectivity index is 1.58. The lowest BCUT2D eigenvalue weighted by atomic mass is 10.1. The Bertz CT molecular complexity index is 802. The average molecular weight is 338 g/mol. The van der Waals surface area contributed by atoms with Gasteiger partial charge in [0.1, 0.15) is 5.75 Å². The van der Waals surface area contributed by atoms with Gasteiger partial charge in [-0.05, 0) is 37.5 Å². The summed E-state index contributed by atoms with van der Waals surface area (Å²) in [5.74, 6) is 1.54. The van der Waals surface area contributed by atoms with E-state index in [0.717, 1.165) is 36.0 Å². The number of hydrogen-bond donors (Lipinski definition) is 0. The number of benzene rings is 1. The monoisotopic (exact) mass is 338 g/mol. The van der Waals surface area contributed by atoms with Crippen LogP contribution in [-0.4, -0.2) is 41.0 Å². The van der Waals surface area contributed by atoms with Crippen LogP contribution in [0, 0.1) is 0 Å². The van der Waals surface area contributed by atoms with Crippen molar-refractivity contribution in [3.05, 3.63) is 47.3 Å². The number of aromatic nitrogens is 2. The molecule has 2 aliphatic heterocycles. The van der Waals surface area contributed by atoms with Crippen LogP contribution in [0.25, 0.3) is 0 Å². The van der Waals surface area contributed by atoms with E-state index in [0.29, 0.717) is 12.1 Å². The molecule has 1 aromatic carbocycles. The molecular weight excluding hydrogens is 316 g/mol. The molecule has 1 saturated heterocycles. The first-order chi connectivity index (χ1) is 12.2. The summed E-state index contributed by atoms with van der Waals surface area (Å²) in [4.78, 5) is 25.9. The summed E-state index contributed by atoms with van der Waals surface area (Å²) in [7, 11) is 1.65. The van der Waals surface area contributed by atoms with Crippen molar-refractivity contribution in [2.75, 3.05) is 25.1 Å². The van der Waals surface area contributed by atoms with Gasteiger partial charge >= 0.3 is 0 Å². The van der Waals surface area contributed by atoms with E-state index in [9.17, 15) is 4.79 Å². The van der Waals surface area contributed by atoms with Gasteiger partial charge in [-0.3, -0.25) is 4.79 Å². The van der Waals surface area contributed by atoms with E-state index in [-0.39, 0.29) is 11.9 Å². The second kappa shape index (κ2) is 6.35. The topological polar surface area (TPSA) is 58.6 Å². The SMILES string of the molecule is COc1cccc([C@@H](C)N2Cc3nc(N4CCCC4)ncc3C2=O)c1. The summed E-state index contributed by atoms with van der Waals surface area (Å²) >= 11 is 0. The van der Waals surface area contributed by atoms with Crippen molar-refractivity contribution in [2.24, 2.45) is 0 Å². The van der Waals surface area contributed by atoms with Gasteiger partial charge in [-0.2, -0.15) is 0 Å². The highest BCUT2D eigenvalue weighted by molar-refractivity contribution is 5.97. The fourth-order valence-electron chi connectivity index (χ4n) is 3.56. The summed E-state index contributed by atoms with van der Waals surface area (Å²) in [6.45, 7) is 4.55. The first-order valence-corrected chi connectivity index (χ1v) is 8.73. The van der Waals surface area contributed by atoms with E-state index >= 15 is 0 Å². The number of amides is 1. The summed E-state index contributed by atoms with van der Waals surface area (Å²) < 4.78 is 5.30. The molecule has 0 unspecified atom stereocenters. The zero-order valence-corrected chi connectivity index (χ0v) is 14.6. The van der Waals surface area contributed by atoms with Crippen LogP contribution in [0.15, 0.2) is 30.5 Å². The van der Waals surface area contributed by atoms with Crippen LogP contribution in [0.4, 0.5) is 5.95 Å². The highest BCUT2D eigenvalue weighted by atomic mass is 16.5. The summed E-state index contributed by atoms with van der Waals surface area (Å²) in [5.41, 5.74) is 2.50. The van der Waals surface area contributed by atoms with Gasteiger partial charge in [0.2, 0.25) is 5.95 Å². The molecule has 130 valence electrons. The number of anilines is 1. The third kappa shape index (κ3) is 2.81. The van der Waals surface area contributed by atoms with Crippen LogP contribution in [0.1, 0.15) is 47.4 Å². The standard InChI is InChI=1S/C19H22N4O2/c1-13(14-6-5-7-15(10-14)25-2)23-12-17-16(18(23)24)11-20-19(21-17)22-8-3-4-9-22/h5-7,10-11,13H,3-4,8-9,12H2,1-2H3/t13-/m1/s1. The number of ether oxygens (including phenoxy) is 1. The molecule has 6 heteroatoms. The Morgan fingerprint density at radius 3 is 2.80 bits per heavy atom. The number of nitrogens with zero attached hydrogens (tertiary/aromatic N) is 4. The molecule has 4 rings (SSSR count). The lowest BCUT2D eigenvalue weighted by Gasteiger charge is -2.24. The second-order valence-corrected chi connectivity index (χ2v) is 6.61. The highest BCUT2D eigenvalue weighted by Gasteiger charge is 2.33. The van der Waals surface area contributed by atoms with Crippen molar-refractivity contribution in [2.45, 2.75) is 32.4 Å². The summed E-state index contributed by atoms with van der Waals surface area (Å²) in [6, 6.07) is 7.80. The maximum Gasteiger partial charge on any atom is 0.258 e. The molecule has 0 spiro atoms. The lowest BCUT2D eigenvalue weighted by molar-refractivity contribution is 0.0715. The van der Waals surface area contributed by atoms with E-state index in [1.807, 2.05) is 36.1 Å². The van der Waals surface area contributed by atoms with Crippen LogP contribution in [0.3, 0.4) is 0 Å². The fraction of sp³-hybridized carbons (Fsp3) is 0.421. The smallest absolute Gasteiger partial charge is 0.258 e. The number of carbonyl (C=O) groups is 1. The Morgan fingerprint density at radius 2 is 2.04 bits per heavy atom. The van der Waals surface area contributed by atoms with E-state index in [1.54, 1.807) is 13.3 Å². The largest absolute Gasteiger partial charge is 0.497 e. The minimum Gasteiger partial charge on any atom is -0.497 e. The van der Waals surface area contributed by atoms with Crippen LogP contribution in [0.2, 0.25) is 0 Å². The molecule has 0 N–H and O–H groups in total. The predicted octanol–water partition coefficient (Wildman–Crippen LogP) is 2.80. The summed E-state index contributed by atoms with van der Waals surface area (Å²) in [6.07, 6.45) is 4.05. The molecule has 0 radical (unpaired) electrons. The van der Waals surface area contributed by atoms with E-state index in [1.165, 1.54) is 12.8 Å². The van der Waals surface area contributed by atoms with Gasteiger partial charge in [0.25, 0.3) is 5.91 Å².